The molecule has 148 valence electrons. The SMILES string of the molecule is COc1cc(C(=O)N[C@H]2CC(C)(C)Cc3nc(-c4cnccn4)ncc32)ccn1. The lowest BCUT2D eigenvalue weighted by Gasteiger charge is -2.36. The fourth-order valence-corrected chi connectivity index (χ4v) is 3.62. The first-order chi connectivity index (χ1) is 13.9. The zero-order chi connectivity index (χ0) is 20.4. The van der Waals surface area contributed by atoms with Gasteiger partial charge in [0.15, 0.2) is 5.82 Å². The number of aromatic nitrogens is 5. The van der Waals surface area contributed by atoms with E-state index in [4.69, 9.17) is 9.72 Å². The van der Waals surface area contributed by atoms with E-state index < -0.39 is 0 Å². The molecule has 1 amide bonds. The molecule has 0 aliphatic heterocycles. The van der Waals surface area contributed by atoms with Gasteiger partial charge < -0.3 is 10.1 Å². The fourth-order valence-electron chi connectivity index (χ4n) is 3.62. The lowest BCUT2D eigenvalue weighted by atomic mass is 9.74. The molecule has 1 aliphatic rings. The Kier molecular flexibility index (Phi) is 4.92. The van der Waals surface area contributed by atoms with Gasteiger partial charge in [0.25, 0.3) is 5.91 Å². The quantitative estimate of drug-likeness (QED) is 0.730. The van der Waals surface area contributed by atoms with Crippen LogP contribution in [0.2, 0.25) is 0 Å². The number of methoxy groups -OCH3 is 1. The fraction of sp³-hybridized carbons (Fsp3) is 0.333. The monoisotopic (exact) mass is 390 g/mol. The summed E-state index contributed by atoms with van der Waals surface area (Å²) in [5.41, 5.74) is 2.97. The number of carbonyl (C=O) groups is 1. The number of fused-ring (bicyclic) bond motifs is 1. The van der Waals surface area contributed by atoms with Crippen LogP contribution >= 0.6 is 0 Å². The van der Waals surface area contributed by atoms with Crippen LogP contribution in [0.3, 0.4) is 0 Å². The maximum atomic E-state index is 12.8. The first-order valence-corrected chi connectivity index (χ1v) is 9.38. The van der Waals surface area contributed by atoms with Crippen LogP contribution in [-0.4, -0.2) is 37.9 Å². The average molecular weight is 390 g/mol. The number of hydrogen-bond donors (Lipinski definition) is 1. The second kappa shape index (κ2) is 7.54. The number of nitrogens with zero attached hydrogens (tertiary/aromatic N) is 5. The Bertz CT molecular complexity index is 1040. The van der Waals surface area contributed by atoms with Gasteiger partial charge in [-0.1, -0.05) is 13.8 Å². The van der Waals surface area contributed by atoms with Crippen LogP contribution in [-0.2, 0) is 6.42 Å². The summed E-state index contributed by atoms with van der Waals surface area (Å²) in [6.07, 6.45) is 9.82. The Morgan fingerprint density at radius 3 is 2.79 bits per heavy atom. The average Bonchev–Trinajstić information content (AvgIpc) is 2.73. The normalized spacial score (nSPS) is 17.3. The van der Waals surface area contributed by atoms with Crippen molar-refractivity contribution in [3.05, 3.63) is 59.9 Å². The molecule has 3 aromatic heterocycles. The maximum absolute atomic E-state index is 12.8. The summed E-state index contributed by atoms with van der Waals surface area (Å²) in [7, 11) is 1.52. The minimum Gasteiger partial charge on any atom is -0.481 e. The van der Waals surface area contributed by atoms with Crippen molar-refractivity contribution in [2.75, 3.05) is 7.11 Å². The molecule has 0 spiro atoms. The van der Waals surface area contributed by atoms with Crippen LogP contribution < -0.4 is 10.1 Å². The van der Waals surface area contributed by atoms with E-state index in [9.17, 15) is 4.79 Å². The van der Waals surface area contributed by atoms with Gasteiger partial charge >= 0.3 is 0 Å². The second-order valence-corrected chi connectivity index (χ2v) is 7.84. The highest BCUT2D eigenvalue weighted by Gasteiger charge is 2.34. The van der Waals surface area contributed by atoms with E-state index in [1.54, 1.807) is 43.1 Å². The molecule has 4 rings (SSSR count). The molecule has 0 bridgehead atoms. The van der Waals surface area contributed by atoms with E-state index >= 15 is 0 Å². The van der Waals surface area contributed by atoms with Crippen molar-refractivity contribution in [1.29, 1.82) is 0 Å². The molecular weight excluding hydrogens is 368 g/mol. The predicted molar refractivity (Wildman–Crippen MR) is 106 cm³/mol. The number of ether oxygens (including phenoxy) is 1. The highest BCUT2D eigenvalue weighted by molar-refractivity contribution is 5.94. The zero-order valence-corrected chi connectivity index (χ0v) is 16.6. The smallest absolute Gasteiger partial charge is 0.252 e. The van der Waals surface area contributed by atoms with Crippen LogP contribution in [0.5, 0.6) is 5.88 Å². The Morgan fingerprint density at radius 1 is 1.17 bits per heavy atom. The first-order valence-electron chi connectivity index (χ1n) is 9.38. The van der Waals surface area contributed by atoms with E-state index in [1.807, 2.05) is 0 Å². The Balaban J connectivity index is 1.64. The summed E-state index contributed by atoms with van der Waals surface area (Å²) in [4.78, 5) is 34.5. The number of carbonyl (C=O) groups excluding carboxylic acids is 1. The molecule has 0 saturated carbocycles. The molecule has 1 N–H and O–H groups in total. The molecule has 0 radical (unpaired) electrons. The van der Waals surface area contributed by atoms with Crippen molar-refractivity contribution in [3.63, 3.8) is 0 Å². The summed E-state index contributed by atoms with van der Waals surface area (Å²) in [5, 5.41) is 3.13. The van der Waals surface area contributed by atoms with Gasteiger partial charge in [-0.25, -0.2) is 19.9 Å². The lowest BCUT2D eigenvalue weighted by molar-refractivity contribution is 0.0918. The van der Waals surface area contributed by atoms with E-state index in [2.05, 4.69) is 39.1 Å². The third kappa shape index (κ3) is 4.06. The summed E-state index contributed by atoms with van der Waals surface area (Å²) < 4.78 is 5.12. The third-order valence-corrected chi connectivity index (χ3v) is 4.98. The van der Waals surface area contributed by atoms with E-state index in [-0.39, 0.29) is 17.4 Å². The highest BCUT2D eigenvalue weighted by atomic mass is 16.5. The van der Waals surface area contributed by atoms with Gasteiger partial charge in [0, 0.05) is 42.0 Å². The molecule has 8 nitrogen and oxygen atoms in total. The van der Waals surface area contributed by atoms with Crippen LogP contribution in [0.25, 0.3) is 11.5 Å². The van der Waals surface area contributed by atoms with Gasteiger partial charge in [-0.15, -0.1) is 0 Å². The second-order valence-electron chi connectivity index (χ2n) is 7.84. The van der Waals surface area contributed by atoms with Gasteiger partial charge in [0.2, 0.25) is 5.88 Å². The third-order valence-electron chi connectivity index (χ3n) is 4.98. The molecule has 0 fully saturated rings. The van der Waals surface area contributed by atoms with Crippen molar-refractivity contribution >= 4 is 5.91 Å². The largest absolute Gasteiger partial charge is 0.481 e. The Morgan fingerprint density at radius 2 is 2.03 bits per heavy atom. The molecule has 1 atom stereocenters. The first kappa shape index (κ1) is 18.9. The van der Waals surface area contributed by atoms with E-state index in [1.165, 1.54) is 7.11 Å². The van der Waals surface area contributed by atoms with Crippen molar-refractivity contribution in [2.24, 2.45) is 5.41 Å². The lowest BCUT2D eigenvalue weighted by Crippen LogP contribution is -2.37. The molecule has 1 aliphatic carbocycles. The highest BCUT2D eigenvalue weighted by Crippen LogP contribution is 2.40. The standard InChI is InChI=1S/C21H22N6O2/c1-21(2)9-15-14(11-25-19(26-15)17-12-22-6-7-23-17)16(10-21)27-20(28)13-4-5-24-18(8-13)29-3/h4-8,11-12,16H,9-10H2,1-3H3,(H,27,28)/t16-/m0/s1. The predicted octanol–water partition coefficient (Wildman–Crippen LogP) is 2.78. The van der Waals surface area contributed by atoms with Gasteiger partial charge in [-0.3, -0.25) is 9.78 Å². The summed E-state index contributed by atoms with van der Waals surface area (Å²) in [6.45, 7) is 4.35. The van der Waals surface area contributed by atoms with Crippen LogP contribution in [0, 0.1) is 5.41 Å². The summed E-state index contributed by atoms with van der Waals surface area (Å²) in [6, 6.07) is 3.11. The number of rotatable bonds is 4. The number of pyridine rings is 1. The van der Waals surface area contributed by atoms with Gasteiger partial charge in [0.1, 0.15) is 5.69 Å². The topological polar surface area (TPSA) is 103 Å². The van der Waals surface area contributed by atoms with Crippen molar-refractivity contribution in [2.45, 2.75) is 32.7 Å². The minimum atomic E-state index is -0.184. The Hall–Kier alpha value is -3.42. The molecular formula is C21H22N6O2. The van der Waals surface area contributed by atoms with Crippen LogP contribution in [0.4, 0.5) is 0 Å². The molecule has 0 saturated heterocycles. The molecule has 8 heteroatoms. The summed E-state index contributed by atoms with van der Waals surface area (Å²) in [5.74, 6) is 0.759. The van der Waals surface area contributed by atoms with Crippen LogP contribution in [0.15, 0.2) is 43.1 Å². The van der Waals surface area contributed by atoms with Gasteiger partial charge in [-0.05, 0) is 24.3 Å². The number of amides is 1. The van der Waals surface area contributed by atoms with Crippen LogP contribution in [0.1, 0.15) is 47.9 Å². The summed E-state index contributed by atoms with van der Waals surface area (Å²) >= 11 is 0. The van der Waals surface area contributed by atoms with E-state index in [0.29, 0.717) is 23.0 Å². The zero-order valence-electron chi connectivity index (χ0n) is 16.6. The number of hydrogen-bond acceptors (Lipinski definition) is 7. The maximum Gasteiger partial charge on any atom is 0.252 e. The number of nitrogens with one attached hydrogen (secondary N) is 1. The molecule has 0 unspecified atom stereocenters. The van der Waals surface area contributed by atoms with Gasteiger partial charge in [0.05, 0.1) is 25.0 Å². The van der Waals surface area contributed by atoms with Crippen molar-refractivity contribution < 1.29 is 9.53 Å². The molecule has 0 aromatic carbocycles. The molecule has 3 aromatic rings. The minimum absolute atomic E-state index is 0.0190. The van der Waals surface area contributed by atoms with E-state index in [0.717, 1.165) is 24.1 Å². The Labute approximate surface area is 168 Å². The van der Waals surface area contributed by atoms with Crippen molar-refractivity contribution in [1.82, 2.24) is 30.2 Å². The molecule has 3 heterocycles. The molecule has 29 heavy (non-hydrogen) atoms. The van der Waals surface area contributed by atoms with Crippen molar-refractivity contribution in [3.8, 4) is 17.4 Å². The van der Waals surface area contributed by atoms with Gasteiger partial charge in [-0.2, -0.15) is 0 Å².